The van der Waals surface area contributed by atoms with Gasteiger partial charge < -0.3 is 4.52 Å². The molecular weight excluding hydrogens is 358 g/mol. The minimum atomic E-state index is -0.265. The van der Waals surface area contributed by atoms with Gasteiger partial charge in [0.05, 0.1) is 16.3 Å². The molecule has 134 valence electrons. The number of hydrogen-bond donors (Lipinski definition) is 1. The predicted octanol–water partition coefficient (Wildman–Crippen LogP) is 5.33. The van der Waals surface area contributed by atoms with E-state index < -0.39 is 0 Å². The molecule has 2 aromatic heterocycles. The van der Waals surface area contributed by atoms with E-state index in [1.807, 2.05) is 60.7 Å². The standard InChI is InChI=1S/C21H17N3O2S/c1-13-17(14(2)26-24-13)20(25)23-21-22-18(15-9-5-3-6-10-15)19(27-21)16-11-7-4-8-12-16/h3-12H,1-2H3,(H,22,23,25). The summed E-state index contributed by atoms with van der Waals surface area (Å²) in [6, 6.07) is 20.0. The van der Waals surface area contributed by atoms with Gasteiger partial charge in [-0.05, 0) is 19.4 Å². The Kier molecular flexibility index (Phi) is 4.56. The molecule has 0 saturated heterocycles. The number of nitrogens with one attached hydrogen (secondary N) is 1. The molecule has 5 nitrogen and oxygen atoms in total. The first-order chi connectivity index (χ1) is 13.1. The lowest BCUT2D eigenvalue weighted by atomic mass is 10.1. The van der Waals surface area contributed by atoms with E-state index >= 15 is 0 Å². The van der Waals surface area contributed by atoms with Crippen LogP contribution in [-0.4, -0.2) is 16.0 Å². The van der Waals surface area contributed by atoms with Crippen LogP contribution in [0.15, 0.2) is 65.2 Å². The van der Waals surface area contributed by atoms with Crippen LogP contribution in [-0.2, 0) is 0 Å². The van der Waals surface area contributed by atoms with Crippen LogP contribution in [0.1, 0.15) is 21.8 Å². The van der Waals surface area contributed by atoms with E-state index in [1.54, 1.807) is 13.8 Å². The van der Waals surface area contributed by atoms with Gasteiger partial charge in [0.15, 0.2) is 5.13 Å². The minimum Gasteiger partial charge on any atom is -0.361 e. The van der Waals surface area contributed by atoms with Gasteiger partial charge in [0.25, 0.3) is 5.91 Å². The number of nitrogens with zero attached hydrogens (tertiary/aromatic N) is 2. The SMILES string of the molecule is Cc1noc(C)c1C(=O)Nc1nc(-c2ccccc2)c(-c2ccccc2)s1. The number of aromatic nitrogens is 2. The second kappa shape index (κ2) is 7.17. The van der Waals surface area contributed by atoms with Crippen LogP contribution in [0.25, 0.3) is 21.7 Å². The number of carbonyl (C=O) groups excluding carboxylic acids is 1. The van der Waals surface area contributed by atoms with Gasteiger partial charge in [0.2, 0.25) is 0 Å². The Hall–Kier alpha value is -3.25. The summed E-state index contributed by atoms with van der Waals surface area (Å²) in [5.41, 5.74) is 3.93. The van der Waals surface area contributed by atoms with Crippen molar-refractivity contribution in [2.45, 2.75) is 13.8 Å². The third kappa shape index (κ3) is 3.39. The topological polar surface area (TPSA) is 68.0 Å². The number of benzene rings is 2. The Bertz CT molecular complexity index is 1010. The quantitative estimate of drug-likeness (QED) is 0.523. The van der Waals surface area contributed by atoms with Crippen LogP contribution in [0, 0.1) is 13.8 Å². The Labute approximate surface area is 160 Å². The summed E-state index contributed by atoms with van der Waals surface area (Å²) in [6.07, 6.45) is 0. The number of amides is 1. The monoisotopic (exact) mass is 375 g/mol. The van der Waals surface area contributed by atoms with Crippen molar-refractivity contribution in [1.29, 1.82) is 0 Å². The van der Waals surface area contributed by atoms with E-state index in [0.29, 0.717) is 22.1 Å². The molecule has 4 rings (SSSR count). The lowest BCUT2D eigenvalue weighted by molar-refractivity contribution is 0.102. The molecular formula is C21H17N3O2S. The zero-order valence-electron chi connectivity index (χ0n) is 14.9. The highest BCUT2D eigenvalue weighted by molar-refractivity contribution is 7.19. The summed E-state index contributed by atoms with van der Waals surface area (Å²) in [5.74, 6) is 0.229. The van der Waals surface area contributed by atoms with Crippen LogP contribution in [0.5, 0.6) is 0 Å². The fourth-order valence-corrected chi connectivity index (χ4v) is 3.91. The third-order valence-electron chi connectivity index (χ3n) is 4.19. The van der Waals surface area contributed by atoms with Crippen molar-refractivity contribution >= 4 is 22.4 Å². The van der Waals surface area contributed by atoms with Crippen molar-refractivity contribution in [3.05, 3.63) is 77.7 Å². The molecule has 0 radical (unpaired) electrons. The number of hydrogen-bond acceptors (Lipinski definition) is 5. The normalized spacial score (nSPS) is 10.7. The highest BCUT2D eigenvalue weighted by atomic mass is 32.1. The van der Waals surface area contributed by atoms with Crippen LogP contribution in [0.4, 0.5) is 5.13 Å². The molecule has 0 spiro atoms. The number of carbonyl (C=O) groups is 1. The van der Waals surface area contributed by atoms with Crippen molar-refractivity contribution in [2.75, 3.05) is 5.32 Å². The van der Waals surface area contributed by atoms with Crippen LogP contribution < -0.4 is 5.32 Å². The van der Waals surface area contributed by atoms with E-state index in [-0.39, 0.29) is 5.91 Å². The number of thiazole rings is 1. The molecule has 0 aliphatic carbocycles. The molecule has 4 aromatic rings. The molecule has 1 N–H and O–H groups in total. The lowest BCUT2D eigenvalue weighted by Crippen LogP contribution is -2.13. The van der Waals surface area contributed by atoms with Crippen molar-refractivity contribution in [3.63, 3.8) is 0 Å². The molecule has 0 aliphatic rings. The molecule has 1 amide bonds. The first-order valence-corrected chi connectivity index (χ1v) is 9.31. The van der Waals surface area contributed by atoms with Gasteiger partial charge in [-0.1, -0.05) is 77.2 Å². The van der Waals surface area contributed by atoms with Crippen molar-refractivity contribution < 1.29 is 9.32 Å². The molecule has 2 aromatic carbocycles. The summed E-state index contributed by atoms with van der Waals surface area (Å²) in [4.78, 5) is 18.4. The Morgan fingerprint density at radius 3 is 2.19 bits per heavy atom. The predicted molar refractivity (Wildman–Crippen MR) is 107 cm³/mol. The highest BCUT2D eigenvalue weighted by Crippen LogP contribution is 2.39. The minimum absolute atomic E-state index is 0.265. The van der Waals surface area contributed by atoms with Crippen LogP contribution in [0.2, 0.25) is 0 Å². The van der Waals surface area contributed by atoms with Crippen molar-refractivity contribution in [2.24, 2.45) is 0 Å². The summed E-state index contributed by atoms with van der Waals surface area (Å²) >= 11 is 1.45. The van der Waals surface area contributed by atoms with Gasteiger partial charge in [0, 0.05) is 5.56 Å². The first-order valence-electron chi connectivity index (χ1n) is 8.49. The van der Waals surface area contributed by atoms with Crippen LogP contribution in [0.3, 0.4) is 0 Å². The molecule has 0 fully saturated rings. The van der Waals surface area contributed by atoms with Crippen LogP contribution >= 0.6 is 11.3 Å². The second-order valence-electron chi connectivity index (χ2n) is 6.08. The van der Waals surface area contributed by atoms with Gasteiger partial charge in [-0.25, -0.2) is 4.98 Å². The van der Waals surface area contributed by atoms with Gasteiger partial charge in [-0.3, -0.25) is 10.1 Å². The maximum absolute atomic E-state index is 12.7. The van der Waals surface area contributed by atoms with Gasteiger partial charge >= 0.3 is 0 Å². The summed E-state index contributed by atoms with van der Waals surface area (Å²) in [5, 5.41) is 7.28. The van der Waals surface area contributed by atoms with Gasteiger partial charge in [-0.15, -0.1) is 0 Å². The zero-order valence-corrected chi connectivity index (χ0v) is 15.7. The zero-order chi connectivity index (χ0) is 18.8. The molecule has 0 saturated carbocycles. The van der Waals surface area contributed by atoms with E-state index in [0.717, 1.165) is 21.7 Å². The molecule has 0 bridgehead atoms. The molecule has 0 aliphatic heterocycles. The molecule has 2 heterocycles. The smallest absolute Gasteiger partial charge is 0.262 e. The maximum Gasteiger partial charge on any atom is 0.262 e. The number of aryl methyl sites for hydroxylation is 2. The third-order valence-corrected chi connectivity index (χ3v) is 5.21. The number of rotatable bonds is 4. The molecule has 0 unspecified atom stereocenters. The summed E-state index contributed by atoms with van der Waals surface area (Å²) in [7, 11) is 0. The van der Waals surface area contributed by atoms with E-state index in [4.69, 9.17) is 9.51 Å². The maximum atomic E-state index is 12.7. The van der Waals surface area contributed by atoms with E-state index in [9.17, 15) is 4.79 Å². The lowest BCUT2D eigenvalue weighted by Gasteiger charge is -2.02. The molecule has 0 atom stereocenters. The average Bonchev–Trinajstić information content (AvgIpc) is 3.26. The Balaban J connectivity index is 1.75. The Morgan fingerprint density at radius 1 is 0.963 bits per heavy atom. The highest BCUT2D eigenvalue weighted by Gasteiger charge is 2.21. The average molecular weight is 375 g/mol. The largest absolute Gasteiger partial charge is 0.361 e. The fourth-order valence-electron chi connectivity index (χ4n) is 2.92. The second-order valence-corrected chi connectivity index (χ2v) is 7.08. The molecule has 27 heavy (non-hydrogen) atoms. The van der Waals surface area contributed by atoms with Crippen molar-refractivity contribution in [1.82, 2.24) is 10.1 Å². The van der Waals surface area contributed by atoms with E-state index in [1.165, 1.54) is 11.3 Å². The van der Waals surface area contributed by atoms with Crippen molar-refractivity contribution in [3.8, 4) is 21.7 Å². The summed E-state index contributed by atoms with van der Waals surface area (Å²) < 4.78 is 5.09. The van der Waals surface area contributed by atoms with E-state index in [2.05, 4.69) is 10.5 Å². The first kappa shape index (κ1) is 17.2. The van der Waals surface area contributed by atoms with Gasteiger partial charge in [0.1, 0.15) is 11.3 Å². The Morgan fingerprint density at radius 2 is 1.59 bits per heavy atom. The fraction of sp³-hybridized carbons (Fsp3) is 0.0952. The van der Waals surface area contributed by atoms with Gasteiger partial charge in [-0.2, -0.15) is 0 Å². The molecule has 6 heteroatoms. The number of anilines is 1. The summed E-state index contributed by atoms with van der Waals surface area (Å²) in [6.45, 7) is 3.47.